The van der Waals surface area contributed by atoms with E-state index in [1.165, 1.54) is 24.3 Å². The number of amides is 1. The number of ether oxygens (including phenoxy) is 2. The lowest BCUT2D eigenvalue weighted by molar-refractivity contribution is -0.121. The Kier molecular flexibility index (Phi) is 6.51. The Balaban J connectivity index is 1.21. The summed E-state index contributed by atoms with van der Waals surface area (Å²) >= 11 is 0. The zero-order valence-electron chi connectivity index (χ0n) is 16.7. The van der Waals surface area contributed by atoms with E-state index >= 15 is 0 Å². The molecule has 0 saturated carbocycles. The SMILES string of the molecule is O=C(CCCc1nc(-c2ccc(F)cc2)no1)NCCc1cc(F)cc2c1OCOC2. The van der Waals surface area contributed by atoms with Crippen LogP contribution in [-0.2, 0) is 29.0 Å². The van der Waals surface area contributed by atoms with E-state index in [2.05, 4.69) is 15.5 Å². The second-order valence-electron chi connectivity index (χ2n) is 7.14. The average Bonchev–Trinajstić information content (AvgIpc) is 3.23. The first kappa shape index (κ1) is 20.9. The maximum atomic E-state index is 13.8. The molecule has 0 saturated heterocycles. The number of aryl methyl sites for hydroxylation is 1. The molecule has 1 amide bonds. The minimum atomic E-state index is -0.353. The zero-order valence-corrected chi connectivity index (χ0v) is 16.7. The summed E-state index contributed by atoms with van der Waals surface area (Å²) in [6, 6.07) is 8.63. The van der Waals surface area contributed by atoms with Gasteiger partial charge in [-0.3, -0.25) is 4.79 Å². The lowest BCUT2D eigenvalue weighted by Crippen LogP contribution is -2.26. The Morgan fingerprint density at radius 1 is 1.10 bits per heavy atom. The normalized spacial score (nSPS) is 12.8. The highest BCUT2D eigenvalue weighted by Crippen LogP contribution is 2.29. The van der Waals surface area contributed by atoms with E-state index in [0.29, 0.717) is 73.0 Å². The lowest BCUT2D eigenvalue weighted by Gasteiger charge is -2.21. The van der Waals surface area contributed by atoms with E-state index in [4.69, 9.17) is 14.0 Å². The Morgan fingerprint density at radius 2 is 1.94 bits per heavy atom. The van der Waals surface area contributed by atoms with Crippen molar-refractivity contribution in [2.45, 2.75) is 32.3 Å². The van der Waals surface area contributed by atoms with Crippen molar-refractivity contribution in [2.24, 2.45) is 0 Å². The lowest BCUT2D eigenvalue weighted by atomic mass is 10.1. The summed E-state index contributed by atoms with van der Waals surface area (Å²) < 4.78 is 42.6. The number of hydrogen-bond donors (Lipinski definition) is 1. The van der Waals surface area contributed by atoms with Gasteiger partial charge in [0.05, 0.1) is 6.61 Å². The first-order valence-corrected chi connectivity index (χ1v) is 9.95. The number of fused-ring (bicyclic) bond motifs is 1. The molecule has 1 N–H and O–H groups in total. The van der Waals surface area contributed by atoms with Gasteiger partial charge in [-0.2, -0.15) is 4.98 Å². The first-order chi connectivity index (χ1) is 15.1. The number of rotatable bonds is 8. The molecule has 162 valence electrons. The van der Waals surface area contributed by atoms with Crippen LogP contribution in [0.4, 0.5) is 8.78 Å². The molecule has 1 aromatic heterocycles. The summed E-state index contributed by atoms with van der Waals surface area (Å²) in [6.45, 7) is 0.815. The Bertz CT molecular complexity index is 1050. The largest absolute Gasteiger partial charge is 0.467 e. The van der Waals surface area contributed by atoms with Crippen LogP contribution in [0.5, 0.6) is 5.75 Å². The molecule has 2 heterocycles. The number of halogens is 2. The fourth-order valence-electron chi connectivity index (χ4n) is 3.34. The van der Waals surface area contributed by atoms with Crippen LogP contribution in [0.15, 0.2) is 40.9 Å². The molecule has 31 heavy (non-hydrogen) atoms. The Labute approximate surface area is 177 Å². The van der Waals surface area contributed by atoms with Crippen LogP contribution in [-0.4, -0.2) is 29.4 Å². The Hall–Kier alpha value is -3.33. The van der Waals surface area contributed by atoms with Crippen molar-refractivity contribution in [3.05, 3.63) is 65.1 Å². The topological polar surface area (TPSA) is 86.5 Å². The van der Waals surface area contributed by atoms with E-state index in [1.54, 1.807) is 12.1 Å². The molecule has 7 nitrogen and oxygen atoms in total. The molecule has 0 fully saturated rings. The molecule has 4 rings (SSSR count). The van der Waals surface area contributed by atoms with Crippen LogP contribution in [0.3, 0.4) is 0 Å². The molecule has 0 bridgehead atoms. The third-order valence-electron chi connectivity index (χ3n) is 4.83. The number of carbonyl (C=O) groups excluding carboxylic acids is 1. The summed E-state index contributed by atoms with van der Waals surface area (Å²) in [7, 11) is 0. The van der Waals surface area contributed by atoms with Crippen molar-refractivity contribution in [3.8, 4) is 17.1 Å². The molecular formula is C22H21F2N3O4. The number of carbonyl (C=O) groups is 1. The fourth-order valence-corrected chi connectivity index (χ4v) is 3.34. The second kappa shape index (κ2) is 9.65. The van der Waals surface area contributed by atoms with Gasteiger partial charge >= 0.3 is 0 Å². The maximum absolute atomic E-state index is 13.8. The smallest absolute Gasteiger partial charge is 0.226 e. The zero-order chi connectivity index (χ0) is 21.6. The van der Waals surface area contributed by atoms with Gasteiger partial charge in [0, 0.05) is 30.5 Å². The van der Waals surface area contributed by atoms with E-state index in [0.717, 1.165) is 0 Å². The highest BCUT2D eigenvalue weighted by Gasteiger charge is 2.17. The van der Waals surface area contributed by atoms with Crippen molar-refractivity contribution in [1.82, 2.24) is 15.5 Å². The van der Waals surface area contributed by atoms with Gasteiger partial charge < -0.3 is 19.3 Å². The van der Waals surface area contributed by atoms with Crippen molar-refractivity contribution in [3.63, 3.8) is 0 Å². The minimum Gasteiger partial charge on any atom is -0.467 e. The molecular weight excluding hydrogens is 408 g/mol. The quantitative estimate of drug-likeness (QED) is 0.589. The van der Waals surface area contributed by atoms with E-state index in [-0.39, 0.29) is 24.3 Å². The molecule has 0 spiro atoms. The molecule has 0 radical (unpaired) electrons. The molecule has 1 aliphatic rings. The molecule has 0 atom stereocenters. The molecule has 2 aromatic carbocycles. The summed E-state index contributed by atoms with van der Waals surface area (Å²) in [6.07, 6.45) is 1.73. The van der Waals surface area contributed by atoms with Crippen LogP contribution in [0.25, 0.3) is 11.4 Å². The van der Waals surface area contributed by atoms with Crippen LogP contribution in [0.2, 0.25) is 0 Å². The summed E-state index contributed by atoms with van der Waals surface area (Å²) in [5.74, 6) is 0.623. The number of hydrogen-bond acceptors (Lipinski definition) is 6. The molecule has 9 heteroatoms. The van der Waals surface area contributed by atoms with Gasteiger partial charge in [-0.05, 0) is 54.8 Å². The highest BCUT2D eigenvalue weighted by atomic mass is 19.1. The molecule has 3 aromatic rings. The molecule has 1 aliphatic heterocycles. The van der Waals surface area contributed by atoms with Crippen LogP contribution in [0, 0.1) is 11.6 Å². The number of benzene rings is 2. The van der Waals surface area contributed by atoms with Crippen molar-refractivity contribution in [2.75, 3.05) is 13.3 Å². The standard InChI is InChI=1S/C22H21F2N3O4/c23-17-6-4-14(5-7-17)22-26-20(31-27-22)3-1-2-19(28)25-9-8-15-10-18(24)11-16-12-29-13-30-21(15)16/h4-7,10-11H,1-3,8-9,12-13H2,(H,25,28). The van der Waals surface area contributed by atoms with Gasteiger partial charge in [-0.25, -0.2) is 8.78 Å². The fraction of sp³-hybridized carbons (Fsp3) is 0.318. The van der Waals surface area contributed by atoms with E-state index in [1.807, 2.05) is 0 Å². The van der Waals surface area contributed by atoms with Crippen molar-refractivity contribution in [1.29, 1.82) is 0 Å². The van der Waals surface area contributed by atoms with Gasteiger partial charge in [0.15, 0.2) is 6.79 Å². The number of nitrogens with one attached hydrogen (secondary N) is 1. The van der Waals surface area contributed by atoms with Crippen molar-refractivity contribution >= 4 is 5.91 Å². The summed E-state index contributed by atoms with van der Waals surface area (Å²) in [5.41, 5.74) is 2.04. The maximum Gasteiger partial charge on any atom is 0.226 e. The Morgan fingerprint density at radius 3 is 2.77 bits per heavy atom. The van der Waals surface area contributed by atoms with Crippen LogP contribution < -0.4 is 10.1 Å². The summed E-state index contributed by atoms with van der Waals surface area (Å²) in [5, 5.41) is 6.71. The number of aromatic nitrogens is 2. The molecule has 0 unspecified atom stereocenters. The highest BCUT2D eigenvalue weighted by molar-refractivity contribution is 5.75. The van der Waals surface area contributed by atoms with Gasteiger partial charge in [0.1, 0.15) is 17.4 Å². The van der Waals surface area contributed by atoms with Crippen LogP contribution >= 0.6 is 0 Å². The monoisotopic (exact) mass is 429 g/mol. The van der Waals surface area contributed by atoms with E-state index < -0.39 is 0 Å². The van der Waals surface area contributed by atoms with Gasteiger partial charge in [-0.1, -0.05) is 5.16 Å². The third kappa shape index (κ3) is 5.43. The molecule has 0 aliphatic carbocycles. The third-order valence-corrected chi connectivity index (χ3v) is 4.83. The van der Waals surface area contributed by atoms with Gasteiger partial charge in [0.25, 0.3) is 0 Å². The van der Waals surface area contributed by atoms with Gasteiger partial charge in [0.2, 0.25) is 17.6 Å². The number of nitrogens with zero attached hydrogens (tertiary/aromatic N) is 2. The minimum absolute atomic E-state index is 0.118. The van der Waals surface area contributed by atoms with Crippen LogP contribution in [0.1, 0.15) is 29.9 Å². The predicted octanol–water partition coefficient (Wildman–Crippen LogP) is 3.56. The summed E-state index contributed by atoms with van der Waals surface area (Å²) in [4.78, 5) is 16.4. The second-order valence-corrected chi connectivity index (χ2v) is 7.14. The predicted molar refractivity (Wildman–Crippen MR) is 106 cm³/mol. The first-order valence-electron chi connectivity index (χ1n) is 9.95. The van der Waals surface area contributed by atoms with Gasteiger partial charge in [-0.15, -0.1) is 0 Å². The average molecular weight is 429 g/mol. The van der Waals surface area contributed by atoms with E-state index in [9.17, 15) is 13.6 Å². The van der Waals surface area contributed by atoms with Crippen molar-refractivity contribution < 1.29 is 27.6 Å².